The molecule has 0 spiro atoms. The van der Waals surface area contributed by atoms with E-state index in [0.717, 1.165) is 32.4 Å². The number of anilines is 1. The number of hydrogen-bond acceptors (Lipinski definition) is 9. The molecule has 6 rings (SSSR count). The lowest BCUT2D eigenvalue weighted by Gasteiger charge is -2.38. The molecule has 12 heteroatoms. The molecule has 0 aliphatic carbocycles. The number of allylic oxidation sites excluding steroid dienone is 6. The van der Waals surface area contributed by atoms with E-state index in [2.05, 4.69) is 139 Å². The van der Waals surface area contributed by atoms with E-state index in [-0.39, 0.29) is 29.8 Å². The van der Waals surface area contributed by atoms with Crippen LogP contribution in [0.2, 0.25) is 0 Å². The third-order valence-electron chi connectivity index (χ3n) is 11.0. The van der Waals surface area contributed by atoms with Crippen molar-refractivity contribution in [1.82, 2.24) is 20.3 Å². The minimum absolute atomic E-state index is 0.00249. The zero-order chi connectivity index (χ0) is 38.6. The fourth-order valence-electron chi connectivity index (χ4n) is 8.01. The van der Waals surface area contributed by atoms with Gasteiger partial charge in [-0.25, -0.2) is 4.68 Å². The molecule has 3 aliphatic rings. The first-order valence-electron chi connectivity index (χ1n) is 19.0. The summed E-state index contributed by atoms with van der Waals surface area (Å²) in [6.45, 7) is 13.3. The van der Waals surface area contributed by atoms with Crippen molar-refractivity contribution in [3.05, 3.63) is 108 Å². The van der Waals surface area contributed by atoms with Crippen LogP contribution in [-0.2, 0) is 33.5 Å². The number of nitrogens with one attached hydrogen (secondary N) is 1. The van der Waals surface area contributed by atoms with Crippen LogP contribution in [0.4, 0.5) is 11.4 Å². The Hall–Kier alpha value is -4.46. The molecule has 1 saturated heterocycles. The van der Waals surface area contributed by atoms with Crippen molar-refractivity contribution >= 4 is 23.0 Å². The maximum absolute atomic E-state index is 12.7. The third-order valence-corrected chi connectivity index (χ3v) is 11.0. The fourth-order valence-corrected chi connectivity index (χ4v) is 8.01. The number of carbonyl (C=O) groups is 1. The van der Waals surface area contributed by atoms with Crippen LogP contribution in [0.1, 0.15) is 77.1 Å². The Bertz CT molecular complexity index is 1930. The monoisotopic (exact) mass is 739 g/mol. The number of hydrogen-bond donors (Lipinski definition) is 5. The highest BCUT2D eigenvalue weighted by Gasteiger charge is 2.45. The molecule has 3 aliphatic heterocycles. The second kappa shape index (κ2) is 16.5. The van der Waals surface area contributed by atoms with E-state index >= 15 is 0 Å². The van der Waals surface area contributed by atoms with Gasteiger partial charge in [-0.1, -0.05) is 73.7 Å². The summed E-state index contributed by atoms with van der Waals surface area (Å²) >= 11 is 0. The molecule has 2 aromatic carbocycles. The van der Waals surface area contributed by atoms with Crippen molar-refractivity contribution in [2.24, 2.45) is 0 Å². The van der Waals surface area contributed by atoms with E-state index < -0.39 is 30.7 Å². The van der Waals surface area contributed by atoms with Gasteiger partial charge in [-0.3, -0.25) is 4.79 Å². The maximum Gasteiger partial charge on any atom is 0.220 e. The summed E-state index contributed by atoms with van der Waals surface area (Å²) < 4.78 is 9.04. The maximum atomic E-state index is 12.7. The number of amides is 1. The van der Waals surface area contributed by atoms with Crippen LogP contribution in [0, 0.1) is 0 Å². The van der Waals surface area contributed by atoms with E-state index in [1.54, 1.807) is 6.20 Å². The van der Waals surface area contributed by atoms with Crippen molar-refractivity contribution in [3.8, 4) is 0 Å². The lowest BCUT2D eigenvalue weighted by Crippen LogP contribution is -2.58. The van der Waals surface area contributed by atoms with Crippen molar-refractivity contribution in [1.29, 1.82) is 0 Å². The highest BCUT2D eigenvalue weighted by Crippen LogP contribution is 2.47. The van der Waals surface area contributed by atoms with Crippen molar-refractivity contribution in [2.45, 2.75) is 115 Å². The van der Waals surface area contributed by atoms with Gasteiger partial charge >= 0.3 is 0 Å². The van der Waals surface area contributed by atoms with E-state index in [9.17, 15) is 25.2 Å². The molecule has 54 heavy (non-hydrogen) atoms. The Labute approximate surface area is 317 Å². The smallest absolute Gasteiger partial charge is 0.220 e. The van der Waals surface area contributed by atoms with E-state index in [1.165, 1.54) is 38.6 Å². The molecule has 1 aromatic heterocycles. The lowest BCUT2D eigenvalue weighted by atomic mass is 9.81. The van der Waals surface area contributed by atoms with Crippen LogP contribution in [0.25, 0.3) is 0 Å². The molecule has 4 heterocycles. The van der Waals surface area contributed by atoms with Gasteiger partial charge in [-0.2, -0.15) is 4.58 Å². The van der Waals surface area contributed by atoms with E-state index in [1.807, 2.05) is 0 Å². The van der Waals surface area contributed by atoms with Gasteiger partial charge < -0.3 is 35.4 Å². The second-order valence-electron chi connectivity index (χ2n) is 15.4. The average molecular weight is 740 g/mol. The molecule has 5 N–H and O–H groups in total. The molecule has 288 valence electrons. The molecular weight excluding hydrogens is 684 g/mol. The zero-order valence-electron chi connectivity index (χ0n) is 32.0. The minimum atomic E-state index is -1.62. The number of ether oxygens (including phenoxy) is 1. The van der Waals surface area contributed by atoms with Gasteiger partial charge in [0.2, 0.25) is 11.6 Å². The summed E-state index contributed by atoms with van der Waals surface area (Å²) in [5.74, 6) is -0.0765. The van der Waals surface area contributed by atoms with Crippen LogP contribution < -0.4 is 10.2 Å². The Kier molecular flexibility index (Phi) is 12.0. The SMILES string of the molecule is CCN1\C(=C/C=C/C=C/C2=[N+](CCCCCC(=O)NCc3cn(CC4O[C@H](O)[C@H](O)[C@@H](O)[C@H]4O)nn3)c3ccccc3C2(C)C)C(C)(C)c2ccccc21. The summed E-state index contributed by atoms with van der Waals surface area (Å²) in [7, 11) is 0. The Morgan fingerprint density at radius 2 is 1.65 bits per heavy atom. The second-order valence-corrected chi connectivity index (χ2v) is 15.4. The minimum Gasteiger partial charge on any atom is -0.388 e. The molecule has 1 unspecified atom stereocenters. The van der Waals surface area contributed by atoms with Gasteiger partial charge in [-0.15, -0.1) is 5.10 Å². The number of aliphatic hydroxyl groups excluding tert-OH is 4. The van der Waals surface area contributed by atoms with Gasteiger partial charge in [0.05, 0.1) is 24.7 Å². The Balaban J connectivity index is 1.01. The third kappa shape index (κ3) is 7.99. The van der Waals surface area contributed by atoms with E-state index in [4.69, 9.17) is 4.74 Å². The highest BCUT2D eigenvalue weighted by atomic mass is 16.6. The van der Waals surface area contributed by atoms with Crippen LogP contribution in [0.5, 0.6) is 0 Å². The van der Waals surface area contributed by atoms with Gasteiger partial charge in [0, 0.05) is 53.9 Å². The summed E-state index contributed by atoms with van der Waals surface area (Å²) in [4.78, 5) is 15.1. The van der Waals surface area contributed by atoms with Crippen molar-refractivity contribution in [3.63, 3.8) is 0 Å². The number of aromatic nitrogens is 3. The number of likely N-dealkylation sites (N-methyl/N-ethyl adjacent to an activating group) is 1. The predicted octanol–water partition coefficient (Wildman–Crippen LogP) is 4.15. The molecule has 0 radical (unpaired) electrons. The molecule has 1 fully saturated rings. The van der Waals surface area contributed by atoms with Gasteiger partial charge in [0.1, 0.15) is 36.7 Å². The summed E-state index contributed by atoms with van der Waals surface area (Å²) in [5, 5.41) is 50.5. The number of aliphatic hydroxyl groups is 4. The number of benzene rings is 2. The van der Waals surface area contributed by atoms with Gasteiger partial charge in [0.15, 0.2) is 12.0 Å². The normalized spacial score (nSPS) is 25.2. The fraction of sp³-hybridized carbons (Fsp3) is 0.476. The molecule has 0 bridgehead atoms. The Morgan fingerprint density at radius 3 is 2.43 bits per heavy atom. The number of carbonyl (C=O) groups excluding carboxylic acids is 1. The van der Waals surface area contributed by atoms with Crippen LogP contribution in [0.15, 0.2) is 90.8 Å². The van der Waals surface area contributed by atoms with Gasteiger partial charge in [-0.05, 0) is 51.3 Å². The zero-order valence-corrected chi connectivity index (χ0v) is 32.0. The summed E-state index contributed by atoms with van der Waals surface area (Å²) in [6, 6.07) is 17.3. The highest BCUT2D eigenvalue weighted by molar-refractivity contribution is 6.03. The topological polar surface area (TPSA) is 156 Å². The molecule has 5 atom stereocenters. The van der Waals surface area contributed by atoms with Crippen LogP contribution in [-0.4, -0.2) is 95.4 Å². The molecule has 12 nitrogen and oxygen atoms in total. The molecule has 3 aromatic rings. The number of nitrogens with zero attached hydrogens (tertiary/aromatic N) is 5. The quantitative estimate of drug-likeness (QED) is 0.0932. The molecular formula is C42H55N6O6+. The summed E-state index contributed by atoms with van der Waals surface area (Å²) in [6.07, 6.45) is 8.32. The number of rotatable bonds is 14. The molecule has 1 amide bonds. The van der Waals surface area contributed by atoms with Crippen molar-refractivity contribution in [2.75, 3.05) is 18.0 Å². The van der Waals surface area contributed by atoms with Crippen LogP contribution >= 0.6 is 0 Å². The number of fused-ring (bicyclic) bond motifs is 2. The van der Waals surface area contributed by atoms with E-state index in [0.29, 0.717) is 12.1 Å². The standard InChI is InChI=1S/C42H54N6O6/c1-6-47-31-19-14-12-17-29(31)41(2,3)34(47)21-9-7-10-22-35-42(4,5)30-18-13-15-20-32(30)48(35)24-16-8-11-23-36(49)43-25-28-26-46(45-44-28)27-33-37(50)38(51)39(52)40(53)54-33/h7,9-10,12-15,17-22,26,33,37-40,50-53H,6,8,11,16,23-25,27H2,1-5H3/p+1/t33?,37-,38-,39+,40-/m0/s1. The lowest BCUT2D eigenvalue weighted by molar-refractivity contribution is -0.438. The first kappa shape index (κ1) is 39.2. The number of para-hydroxylation sites is 2. The largest absolute Gasteiger partial charge is 0.388 e. The van der Waals surface area contributed by atoms with Gasteiger partial charge in [0.25, 0.3) is 0 Å². The van der Waals surface area contributed by atoms with Crippen LogP contribution in [0.3, 0.4) is 0 Å². The summed E-state index contributed by atoms with van der Waals surface area (Å²) in [5.41, 5.74) is 8.06. The van der Waals surface area contributed by atoms with Crippen molar-refractivity contribution < 1.29 is 34.5 Å². The predicted molar refractivity (Wildman–Crippen MR) is 207 cm³/mol. The molecule has 0 saturated carbocycles. The Morgan fingerprint density at radius 1 is 0.907 bits per heavy atom. The number of unbranched alkanes of at least 4 members (excludes halogenated alkanes) is 2. The average Bonchev–Trinajstić information content (AvgIpc) is 3.76. The first-order chi connectivity index (χ1) is 25.8. The first-order valence-corrected chi connectivity index (χ1v) is 19.0.